The lowest BCUT2D eigenvalue weighted by Crippen LogP contribution is -2.49. The lowest BCUT2D eigenvalue weighted by atomic mass is 9.77. The number of halogens is 3. The average molecular weight is 1020 g/mol. The number of piperidine rings is 2. The summed E-state index contributed by atoms with van der Waals surface area (Å²) < 4.78 is 46.7. The van der Waals surface area contributed by atoms with Gasteiger partial charge in [0.1, 0.15) is 18.2 Å². The molecule has 0 bridgehead atoms. The first-order chi connectivity index (χ1) is 35.2. The predicted molar refractivity (Wildman–Crippen MR) is 275 cm³/mol. The molecule has 1 saturated carbocycles. The summed E-state index contributed by atoms with van der Waals surface area (Å²) in [5, 5.41) is 16.2. The number of ether oxygens (including phenoxy) is 2. The van der Waals surface area contributed by atoms with Crippen LogP contribution in [0.2, 0.25) is 5.02 Å². The number of amides is 5. The van der Waals surface area contributed by atoms with Gasteiger partial charge in [-0.25, -0.2) is 13.6 Å². The number of hydrogen-bond acceptors (Lipinski definition) is 9. The van der Waals surface area contributed by atoms with E-state index in [-0.39, 0.29) is 77.6 Å². The van der Waals surface area contributed by atoms with Gasteiger partial charge in [-0.15, -0.1) is 0 Å². The zero-order valence-corrected chi connectivity index (χ0v) is 42.2. The molecule has 5 aliphatic rings. The molecule has 5 amide bonds. The van der Waals surface area contributed by atoms with Gasteiger partial charge in [-0.05, 0) is 106 Å². The zero-order chi connectivity index (χ0) is 51.1. The van der Waals surface area contributed by atoms with Crippen LogP contribution in [0.4, 0.5) is 19.3 Å². The Bertz CT molecular complexity index is 2910. The van der Waals surface area contributed by atoms with Gasteiger partial charge in [0.25, 0.3) is 0 Å². The van der Waals surface area contributed by atoms with Crippen molar-refractivity contribution in [1.82, 2.24) is 25.0 Å². The highest BCUT2D eigenvalue weighted by atomic mass is 35.5. The fourth-order valence-electron chi connectivity index (χ4n) is 12.4. The first-order valence-electron chi connectivity index (χ1n) is 25.8. The Hall–Kier alpha value is -6.07. The van der Waals surface area contributed by atoms with Crippen molar-refractivity contribution in [3.8, 4) is 22.6 Å². The monoisotopic (exact) mass is 1020 g/mol. The molecule has 10 rings (SSSR count). The molecule has 0 spiro atoms. The van der Waals surface area contributed by atoms with E-state index in [1.165, 1.54) is 23.8 Å². The zero-order valence-electron chi connectivity index (χ0n) is 41.4. The molecule has 5 N–H and O–H groups in total. The molecule has 4 fully saturated rings. The molecule has 5 heterocycles. The average Bonchev–Trinajstić information content (AvgIpc) is 3.88. The van der Waals surface area contributed by atoms with Crippen LogP contribution in [0, 0.1) is 23.5 Å². The number of aryl methyl sites for hydroxylation is 1. The van der Waals surface area contributed by atoms with Crippen LogP contribution in [0.25, 0.3) is 22.0 Å². The molecule has 1 aliphatic carbocycles. The number of nitrogens with one attached hydrogen (secondary N) is 2. The van der Waals surface area contributed by atoms with Crippen LogP contribution >= 0.6 is 11.6 Å². The van der Waals surface area contributed by atoms with Crippen molar-refractivity contribution in [3.05, 3.63) is 112 Å². The van der Waals surface area contributed by atoms with Crippen LogP contribution in [-0.2, 0) is 22.2 Å². The number of nitrogens with two attached hydrogens (primary N) is 1. The molecule has 0 radical (unpaired) electrons. The normalized spacial score (nSPS) is 23.1. The van der Waals surface area contributed by atoms with Gasteiger partial charge in [0.15, 0.2) is 17.2 Å². The first-order valence-corrected chi connectivity index (χ1v) is 26.2. The van der Waals surface area contributed by atoms with Crippen molar-refractivity contribution in [3.63, 3.8) is 0 Å². The highest BCUT2D eigenvalue weighted by molar-refractivity contribution is 6.34. The molecule has 1 aromatic heterocycles. The van der Waals surface area contributed by atoms with E-state index in [9.17, 15) is 24.3 Å². The third kappa shape index (κ3) is 9.79. The van der Waals surface area contributed by atoms with Gasteiger partial charge in [-0.3, -0.25) is 24.6 Å². The highest BCUT2D eigenvalue weighted by Crippen LogP contribution is 2.56. The van der Waals surface area contributed by atoms with Crippen molar-refractivity contribution < 1.29 is 42.5 Å². The van der Waals surface area contributed by atoms with Gasteiger partial charge in [0.2, 0.25) is 17.7 Å². The largest absolute Gasteiger partial charge is 0.488 e. The molecule has 17 heteroatoms. The number of aliphatic hydroxyl groups excluding tert-OH is 1. The topological polar surface area (TPSA) is 172 Å². The molecular weight excluding hydrogens is 956 g/mol. The molecule has 2 atom stereocenters. The quantitative estimate of drug-likeness (QED) is 0.0854. The number of imide groups is 1. The highest BCUT2D eigenvalue weighted by Gasteiger charge is 2.50. The number of fused-ring (bicyclic) bond motifs is 2. The maximum atomic E-state index is 16.5. The molecule has 73 heavy (non-hydrogen) atoms. The number of likely N-dealkylation sites (tertiary alicyclic amines) is 2. The molecule has 0 unspecified atom stereocenters. The number of rotatable bonds is 14. The van der Waals surface area contributed by atoms with E-state index < -0.39 is 34.1 Å². The molecular formula is C56H64ClF2N7O7. The number of nitrogens with zero attached hydrogens (tertiary/aromatic N) is 4. The van der Waals surface area contributed by atoms with E-state index in [0.717, 1.165) is 106 Å². The standard InChI is InChI=1S/C56H64ClF2N7O7/c1-33-48-46(29-42(58)51(57)50(48)49-41(53(60)69)14-15-45(52(49)59)72-27-26-67)73-56(33,38-6-4-3-5-7-38)32-61-39-11-8-36(9-12-39)54(70)65-23-16-34(17-24-65)30-64-21-18-35(19-22-64)37-10-13-40-43(28-37)63(2)31-44(40)66-25-20-47(68)62-55(66)71/h3-7,10,13-15,28-29,31,33-36,39,61,67H,8-9,11-12,16-27,30,32H2,1-2H3,(H2,60,69)(H,62,68,71)/t33-,36?,39?,56-/m0/s1. The SMILES string of the molecule is C[C@H]1c2c(cc(F)c(Cl)c2-c2c(C(N)=O)ccc(OCCO)c2F)O[C@]1(CNC1CCC(C(=O)N2CCC(CN3CCC(c4ccc5c(N6CCC(=O)NC6=O)cn(C)c5c4)CC3)CC2)CC1)c1ccccc1. The molecule has 4 aromatic carbocycles. The Labute approximate surface area is 429 Å². The lowest BCUT2D eigenvalue weighted by Gasteiger charge is -2.40. The number of anilines is 1. The van der Waals surface area contributed by atoms with Crippen LogP contribution in [-0.4, -0.2) is 108 Å². The van der Waals surface area contributed by atoms with Gasteiger partial charge in [-0.1, -0.05) is 61.0 Å². The van der Waals surface area contributed by atoms with E-state index in [1.807, 2.05) is 50.5 Å². The number of primary amides is 1. The molecule has 386 valence electrons. The molecule has 3 saturated heterocycles. The summed E-state index contributed by atoms with van der Waals surface area (Å²) in [6.07, 6.45) is 9.50. The van der Waals surface area contributed by atoms with Gasteiger partial charge in [0, 0.05) is 98.4 Å². The number of aliphatic hydroxyl groups is 1. The van der Waals surface area contributed by atoms with Crippen LogP contribution in [0.1, 0.15) is 104 Å². The number of carbonyl (C=O) groups excluding carboxylic acids is 4. The second kappa shape index (κ2) is 21.0. The Balaban J connectivity index is 0.731. The molecule has 4 aliphatic heterocycles. The summed E-state index contributed by atoms with van der Waals surface area (Å²) in [4.78, 5) is 57.5. The summed E-state index contributed by atoms with van der Waals surface area (Å²) in [5.74, 6) is -2.42. The summed E-state index contributed by atoms with van der Waals surface area (Å²) in [7, 11) is 2.00. The van der Waals surface area contributed by atoms with E-state index in [0.29, 0.717) is 30.5 Å². The summed E-state index contributed by atoms with van der Waals surface area (Å²) in [5.41, 5.74) is 8.56. The fourth-order valence-corrected chi connectivity index (χ4v) is 12.6. The second-order valence-electron chi connectivity index (χ2n) is 20.7. The summed E-state index contributed by atoms with van der Waals surface area (Å²) >= 11 is 6.73. The van der Waals surface area contributed by atoms with Crippen molar-refractivity contribution in [2.45, 2.75) is 88.2 Å². The van der Waals surface area contributed by atoms with Gasteiger partial charge in [0.05, 0.1) is 28.4 Å². The maximum absolute atomic E-state index is 16.5. The van der Waals surface area contributed by atoms with E-state index >= 15 is 8.78 Å². The van der Waals surface area contributed by atoms with Crippen molar-refractivity contribution >= 4 is 51.9 Å². The minimum absolute atomic E-state index is 0.0434. The van der Waals surface area contributed by atoms with Crippen molar-refractivity contribution in [1.29, 1.82) is 0 Å². The van der Waals surface area contributed by atoms with E-state index in [2.05, 4.69) is 43.2 Å². The Morgan fingerprint density at radius 3 is 2.37 bits per heavy atom. The summed E-state index contributed by atoms with van der Waals surface area (Å²) in [6.45, 7) is 6.68. The number of aromatic nitrogens is 1. The van der Waals surface area contributed by atoms with E-state index in [1.54, 1.807) is 4.90 Å². The number of hydrogen-bond donors (Lipinski definition) is 4. The third-order valence-corrected chi connectivity index (χ3v) is 16.8. The Morgan fingerprint density at radius 1 is 0.932 bits per heavy atom. The van der Waals surface area contributed by atoms with Crippen molar-refractivity contribution in [2.24, 2.45) is 24.6 Å². The van der Waals surface area contributed by atoms with Crippen molar-refractivity contribution in [2.75, 3.05) is 63.9 Å². The predicted octanol–water partition coefficient (Wildman–Crippen LogP) is 8.35. The lowest BCUT2D eigenvalue weighted by molar-refractivity contribution is -0.138. The van der Waals surface area contributed by atoms with Crippen LogP contribution in [0.5, 0.6) is 11.5 Å². The van der Waals surface area contributed by atoms with Crippen LogP contribution < -0.4 is 30.7 Å². The first kappa shape index (κ1) is 50.5. The molecule has 14 nitrogen and oxygen atoms in total. The minimum Gasteiger partial charge on any atom is -0.488 e. The fraction of sp³-hybridized carbons (Fsp3) is 0.464. The summed E-state index contributed by atoms with van der Waals surface area (Å²) in [6, 6.07) is 19.6. The Kier molecular flexibility index (Phi) is 14.5. The number of carbonyl (C=O) groups is 4. The van der Waals surface area contributed by atoms with Gasteiger partial charge < -0.3 is 40.0 Å². The second-order valence-corrected chi connectivity index (χ2v) is 21.1. The van der Waals surface area contributed by atoms with Gasteiger partial charge in [-0.2, -0.15) is 0 Å². The van der Waals surface area contributed by atoms with Crippen LogP contribution in [0.15, 0.2) is 72.9 Å². The molecule has 5 aromatic rings. The minimum atomic E-state index is -1.10. The van der Waals surface area contributed by atoms with E-state index in [4.69, 9.17) is 26.8 Å². The number of urea groups is 1. The number of benzene rings is 4. The van der Waals surface area contributed by atoms with Gasteiger partial charge >= 0.3 is 6.03 Å². The third-order valence-electron chi connectivity index (χ3n) is 16.4. The van der Waals surface area contributed by atoms with Crippen LogP contribution in [0.3, 0.4) is 0 Å². The Morgan fingerprint density at radius 2 is 1.67 bits per heavy atom. The smallest absolute Gasteiger partial charge is 0.328 e. The maximum Gasteiger partial charge on any atom is 0.328 e.